The molecule has 3 nitrogen and oxygen atoms in total. The highest BCUT2D eigenvalue weighted by Crippen LogP contribution is 2.07. The summed E-state index contributed by atoms with van der Waals surface area (Å²) in [6, 6.07) is 0. The molecule has 0 aromatic carbocycles. The van der Waals surface area contributed by atoms with Crippen LogP contribution in [-0.2, 0) is 0 Å². The van der Waals surface area contributed by atoms with Gasteiger partial charge in [-0.05, 0) is 19.4 Å². The zero-order valence-electron chi connectivity index (χ0n) is 11.5. The van der Waals surface area contributed by atoms with E-state index in [0.29, 0.717) is 6.61 Å². The van der Waals surface area contributed by atoms with Crippen molar-refractivity contribution in [3.63, 3.8) is 0 Å². The molecule has 1 fully saturated rings. The van der Waals surface area contributed by atoms with Crippen molar-refractivity contribution in [2.24, 2.45) is 0 Å². The van der Waals surface area contributed by atoms with Gasteiger partial charge in [0.25, 0.3) is 0 Å². The summed E-state index contributed by atoms with van der Waals surface area (Å²) in [5, 5.41) is 8.80. The van der Waals surface area contributed by atoms with E-state index in [2.05, 4.69) is 16.7 Å². The maximum Gasteiger partial charge on any atom is 0.0443 e. The first kappa shape index (κ1) is 14.9. The molecular weight excluding hydrogens is 212 g/mol. The third kappa shape index (κ3) is 7.02. The molecule has 1 rings (SSSR count). The predicted molar refractivity (Wildman–Crippen MR) is 73.3 cm³/mol. The van der Waals surface area contributed by atoms with Crippen LogP contribution in [-0.4, -0.2) is 60.8 Å². The van der Waals surface area contributed by atoms with E-state index in [1.54, 1.807) is 0 Å². The van der Waals surface area contributed by atoms with Crippen LogP contribution in [0.3, 0.4) is 0 Å². The fourth-order valence-corrected chi connectivity index (χ4v) is 2.47. The second-order valence-electron chi connectivity index (χ2n) is 5.17. The van der Waals surface area contributed by atoms with Gasteiger partial charge in [0.2, 0.25) is 0 Å². The highest BCUT2D eigenvalue weighted by atomic mass is 16.3. The number of piperazine rings is 1. The quantitative estimate of drug-likeness (QED) is 0.626. The van der Waals surface area contributed by atoms with Gasteiger partial charge in [-0.15, -0.1) is 0 Å². The summed E-state index contributed by atoms with van der Waals surface area (Å²) in [5.41, 5.74) is 0. The molecule has 1 aliphatic heterocycles. The average Bonchev–Trinajstić information content (AvgIpc) is 2.37. The van der Waals surface area contributed by atoms with Crippen molar-refractivity contribution in [2.75, 3.05) is 45.9 Å². The van der Waals surface area contributed by atoms with Gasteiger partial charge in [-0.25, -0.2) is 0 Å². The SMILES string of the molecule is CCCCCCCN1CCN(CCCO)CC1. The molecule has 0 aromatic rings. The fourth-order valence-electron chi connectivity index (χ4n) is 2.47. The standard InChI is InChI=1S/C14H30N2O/c1-2-3-4-5-6-8-15-10-12-16(13-11-15)9-7-14-17/h17H,2-14H2,1H3. The summed E-state index contributed by atoms with van der Waals surface area (Å²) in [6.45, 7) is 9.78. The van der Waals surface area contributed by atoms with E-state index in [1.165, 1.54) is 64.8 Å². The molecule has 1 saturated heterocycles. The van der Waals surface area contributed by atoms with Crippen LogP contribution >= 0.6 is 0 Å². The number of rotatable bonds is 9. The Hall–Kier alpha value is -0.120. The van der Waals surface area contributed by atoms with Gasteiger partial charge < -0.3 is 14.9 Å². The van der Waals surface area contributed by atoms with Crippen molar-refractivity contribution in [1.82, 2.24) is 9.80 Å². The van der Waals surface area contributed by atoms with Gasteiger partial charge in [0.15, 0.2) is 0 Å². The van der Waals surface area contributed by atoms with Crippen molar-refractivity contribution in [3.8, 4) is 0 Å². The number of hydrogen-bond donors (Lipinski definition) is 1. The summed E-state index contributed by atoms with van der Waals surface area (Å²) in [4.78, 5) is 5.07. The molecule has 17 heavy (non-hydrogen) atoms. The molecule has 0 aromatic heterocycles. The summed E-state index contributed by atoms with van der Waals surface area (Å²) < 4.78 is 0. The summed E-state index contributed by atoms with van der Waals surface area (Å²) >= 11 is 0. The first-order valence-electron chi connectivity index (χ1n) is 7.42. The summed E-state index contributed by atoms with van der Waals surface area (Å²) in [6.07, 6.45) is 7.84. The first-order valence-corrected chi connectivity index (χ1v) is 7.42. The van der Waals surface area contributed by atoms with Gasteiger partial charge in [0.05, 0.1) is 0 Å². The lowest BCUT2D eigenvalue weighted by Gasteiger charge is -2.34. The van der Waals surface area contributed by atoms with Crippen LogP contribution in [0.25, 0.3) is 0 Å². The molecule has 0 spiro atoms. The van der Waals surface area contributed by atoms with Crippen LogP contribution in [0.15, 0.2) is 0 Å². The van der Waals surface area contributed by atoms with Crippen LogP contribution in [0.5, 0.6) is 0 Å². The van der Waals surface area contributed by atoms with E-state index in [0.717, 1.165) is 13.0 Å². The molecule has 0 atom stereocenters. The molecule has 0 unspecified atom stereocenters. The van der Waals surface area contributed by atoms with Gasteiger partial charge in [-0.2, -0.15) is 0 Å². The topological polar surface area (TPSA) is 26.7 Å². The molecule has 0 amide bonds. The van der Waals surface area contributed by atoms with Crippen molar-refractivity contribution >= 4 is 0 Å². The Labute approximate surface area is 107 Å². The number of aliphatic hydroxyl groups excluding tert-OH is 1. The molecular formula is C14H30N2O. The monoisotopic (exact) mass is 242 g/mol. The first-order chi connectivity index (χ1) is 8.36. The van der Waals surface area contributed by atoms with Crippen molar-refractivity contribution < 1.29 is 5.11 Å². The van der Waals surface area contributed by atoms with Crippen LogP contribution < -0.4 is 0 Å². The third-order valence-corrected chi connectivity index (χ3v) is 3.68. The summed E-state index contributed by atoms with van der Waals surface area (Å²) in [5.74, 6) is 0. The van der Waals surface area contributed by atoms with E-state index >= 15 is 0 Å². The lowest BCUT2D eigenvalue weighted by molar-refractivity contribution is 0.123. The molecule has 1 N–H and O–H groups in total. The van der Waals surface area contributed by atoms with Crippen LogP contribution in [0, 0.1) is 0 Å². The smallest absolute Gasteiger partial charge is 0.0443 e. The van der Waals surface area contributed by atoms with E-state index < -0.39 is 0 Å². The average molecular weight is 242 g/mol. The van der Waals surface area contributed by atoms with Crippen LogP contribution in [0.2, 0.25) is 0 Å². The molecule has 102 valence electrons. The largest absolute Gasteiger partial charge is 0.396 e. The van der Waals surface area contributed by atoms with E-state index in [9.17, 15) is 0 Å². The summed E-state index contributed by atoms with van der Waals surface area (Å²) in [7, 11) is 0. The highest BCUT2D eigenvalue weighted by molar-refractivity contribution is 4.71. The number of aliphatic hydroxyl groups is 1. The minimum absolute atomic E-state index is 0.331. The van der Waals surface area contributed by atoms with E-state index in [-0.39, 0.29) is 0 Å². The van der Waals surface area contributed by atoms with Gasteiger partial charge in [0, 0.05) is 39.3 Å². The second-order valence-corrected chi connectivity index (χ2v) is 5.17. The van der Waals surface area contributed by atoms with Gasteiger partial charge >= 0.3 is 0 Å². The van der Waals surface area contributed by atoms with E-state index in [1.807, 2.05) is 0 Å². The van der Waals surface area contributed by atoms with Crippen LogP contribution in [0.1, 0.15) is 45.4 Å². The maximum atomic E-state index is 8.80. The minimum atomic E-state index is 0.331. The van der Waals surface area contributed by atoms with E-state index in [4.69, 9.17) is 5.11 Å². The molecule has 1 heterocycles. The lowest BCUT2D eigenvalue weighted by Crippen LogP contribution is -2.46. The van der Waals surface area contributed by atoms with Crippen molar-refractivity contribution in [1.29, 1.82) is 0 Å². The number of nitrogens with zero attached hydrogens (tertiary/aromatic N) is 2. The van der Waals surface area contributed by atoms with Gasteiger partial charge in [-0.1, -0.05) is 32.6 Å². The molecule has 0 bridgehead atoms. The number of unbranched alkanes of at least 4 members (excludes halogenated alkanes) is 4. The zero-order valence-corrected chi connectivity index (χ0v) is 11.5. The van der Waals surface area contributed by atoms with Gasteiger partial charge in [-0.3, -0.25) is 0 Å². The predicted octanol–water partition coefficient (Wildman–Crippen LogP) is 1.96. The minimum Gasteiger partial charge on any atom is -0.396 e. The molecule has 3 heteroatoms. The van der Waals surface area contributed by atoms with Crippen LogP contribution in [0.4, 0.5) is 0 Å². The Morgan fingerprint density at radius 2 is 1.29 bits per heavy atom. The Balaban J connectivity index is 1.95. The third-order valence-electron chi connectivity index (χ3n) is 3.68. The molecule has 1 aliphatic rings. The zero-order chi connectivity index (χ0) is 12.3. The van der Waals surface area contributed by atoms with Crippen molar-refractivity contribution in [3.05, 3.63) is 0 Å². The molecule has 0 aliphatic carbocycles. The van der Waals surface area contributed by atoms with Crippen molar-refractivity contribution in [2.45, 2.75) is 45.4 Å². The molecule has 0 radical (unpaired) electrons. The normalized spacial score (nSPS) is 18.7. The maximum absolute atomic E-state index is 8.80. The highest BCUT2D eigenvalue weighted by Gasteiger charge is 2.15. The Bertz CT molecular complexity index is 165. The van der Waals surface area contributed by atoms with Gasteiger partial charge in [0.1, 0.15) is 0 Å². The Morgan fingerprint density at radius 1 is 0.765 bits per heavy atom. The Kier molecular flexibility index (Phi) is 8.67. The fraction of sp³-hybridized carbons (Fsp3) is 1.00. The number of hydrogen-bond acceptors (Lipinski definition) is 3. The molecule has 0 saturated carbocycles. The second kappa shape index (κ2) is 9.86. The lowest BCUT2D eigenvalue weighted by atomic mass is 10.1. The Morgan fingerprint density at radius 3 is 1.82 bits per heavy atom.